The van der Waals surface area contributed by atoms with Gasteiger partial charge in [0.15, 0.2) is 0 Å². The average Bonchev–Trinajstić information content (AvgIpc) is 2.92. The standard InChI is InChI=1S/C19H36N2O2/c1-6-15-8-9-16(12-15)20-13-19(5)10-7-11-21(14-19)17(22)23-18(2,3)4/h15-16,20H,6-14H2,1-5H3. The highest BCUT2D eigenvalue weighted by atomic mass is 16.6. The summed E-state index contributed by atoms with van der Waals surface area (Å²) >= 11 is 0. The Balaban J connectivity index is 1.82. The molecular weight excluding hydrogens is 288 g/mol. The van der Waals surface area contributed by atoms with Crippen LogP contribution >= 0.6 is 0 Å². The molecule has 23 heavy (non-hydrogen) atoms. The Morgan fingerprint density at radius 2 is 2.09 bits per heavy atom. The van der Waals surface area contributed by atoms with E-state index in [0.29, 0.717) is 6.04 Å². The largest absolute Gasteiger partial charge is 0.444 e. The van der Waals surface area contributed by atoms with Crippen molar-refractivity contribution in [3.8, 4) is 0 Å². The normalized spacial score (nSPS) is 32.1. The summed E-state index contributed by atoms with van der Waals surface area (Å²) in [6.07, 6.45) is 7.40. The third kappa shape index (κ3) is 5.66. The Morgan fingerprint density at radius 3 is 2.70 bits per heavy atom. The van der Waals surface area contributed by atoms with Gasteiger partial charge in [0.2, 0.25) is 0 Å². The van der Waals surface area contributed by atoms with Gasteiger partial charge in [-0.2, -0.15) is 0 Å². The monoisotopic (exact) mass is 324 g/mol. The van der Waals surface area contributed by atoms with E-state index < -0.39 is 5.60 Å². The van der Waals surface area contributed by atoms with Crippen molar-refractivity contribution in [2.45, 2.75) is 84.8 Å². The van der Waals surface area contributed by atoms with Crippen LogP contribution in [0.3, 0.4) is 0 Å². The van der Waals surface area contributed by atoms with Gasteiger partial charge in [0.1, 0.15) is 5.60 Å². The first-order valence-corrected chi connectivity index (χ1v) is 9.42. The van der Waals surface area contributed by atoms with Crippen LogP contribution in [-0.4, -0.2) is 42.3 Å². The molecule has 2 aliphatic rings. The van der Waals surface area contributed by atoms with Crippen molar-refractivity contribution in [3.05, 3.63) is 0 Å². The van der Waals surface area contributed by atoms with Crippen LogP contribution < -0.4 is 5.32 Å². The summed E-state index contributed by atoms with van der Waals surface area (Å²) in [5.41, 5.74) is -0.248. The summed E-state index contributed by atoms with van der Waals surface area (Å²) in [5, 5.41) is 3.79. The van der Waals surface area contributed by atoms with Crippen LogP contribution in [0.2, 0.25) is 0 Å². The van der Waals surface area contributed by atoms with Crippen molar-refractivity contribution in [1.82, 2.24) is 10.2 Å². The third-order valence-electron chi connectivity index (χ3n) is 5.37. The summed E-state index contributed by atoms with van der Waals surface area (Å²) in [6, 6.07) is 0.675. The zero-order valence-electron chi connectivity index (χ0n) is 15.8. The van der Waals surface area contributed by atoms with E-state index in [1.807, 2.05) is 25.7 Å². The van der Waals surface area contributed by atoms with Crippen LogP contribution in [0.25, 0.3) is 0 Å². The first kappa shape index (κ1) is 18.6. The fraction of sp³-hybridized carbons (Fsp3) is 0.947. The van der Waals surface area contributed by atoms with Crippen molar-refractivity contribution in [1.29, 1.82) is 0 Å². The number of hydrogen-bond donors (Lipinski definition) is 1. The van der Waals surface area contributed by atoms with Gasteiger partial charge < -0.3 is 15.0 Å². The molecule has 4 nitrogen and oxygen atoms in total. The van der Waals surface area contributed by atoms with Gasteiger partial charge in [-0.3, -0.25) is 0 Å². The lowest BCUT2D eigenvalue weighted by atomic mass is 9.81. The zero-order chi connectivity index (χ0) is 17.1. The van der Waals surface area contributed by atoms with E-state index in [-0.39, 0.29) is 11.5 Å². The minimum atomic E-state index is -0.414. The van der Waals surface area contributed by atoms with E-state index in [1.165, 1.54) is 32.1 Å². The fourth-order valence-corrected chi connectivity index (χ4v) is 3.96. The smallest absolute Gasteiger partial charge is 0.410 e. The van der Waals surface area contributed by atoms with Crippen molar-refractivity contribution in [3.63, 3.8) is 0 Å². The molecular formula is C19H36N2O2. The van der Waals surface area contributed by atoms with E-state index >= 15 is 0 Å². The van der Waals surface area contributed by atoms with Gasteiger partial charge in [-0.15, -0.1) is 0 Å². The van der Waals surface area contributed by atoms with Gasteiger partial charge in [-0.25, -0.2) is 4.79 Å². The van der Waals surface area contributed by atoms with Gasteiger partial charge in [-0.1, -0.05) is 20.3 Å². The SMILES string of the molecule is CCC1CCC(NCC2(C)CCCN(C(=O)OC(C)(C)C)C2)C1. The molecule has 1 saturated carbocycles. The molecule has 0 radical (unpaired) electrons. The maximum Gasteiger partial charge on any atom is 0.410 e. The second kappa shape index (κ2) is 7.42. The lowest BCUT2D eigenvalue weighted by Gasteiger charge is -2.41. The zero-order valence-corrected chi connectivity index (χ0v) is 15.8. The molecule has 0 bridgehead atoms. The van der Waals surface area contributed by atoms with E-state index in [2.05, 4.69) is 19.2 Å². The first-order chi connectivity index (χ1) is 10.7. The molecule has 1 N–H and O–H groups in total. The molecule has 3 unspecified atom stereocenters. The van der Waals surface area contributed by atoms with Crippen LogP contribution in [0.15, 0.2) is 0 Å². The number of piperidine rings is 1. The number of rotatable bonds is 4. The minimum absolute atomic E-state index is 0.157. The lowest BCUT2D eigenvalue weighted by Crippen LogP contribution is -2.51. The average molecular weight is 325 g/mol. The highest BCUT2D eigenvalue weighted by Crippen LogP contribution is 2.32. The Hall–Kier alpha value is -0.770. The molecule has 3 atom stereocenters. The molecule has 1 saturated heterocycles. The van der Waals surface area contributed by atoms with Gasteiger partial charge in [0.05, 0.1) is 0 Å². The first-order valence-electron chi connectivity index (χ1n) is 9.42. The van der Waals surface area contributed by atoms with E-state index in [0.717, 1.165) is 32.0 Å². The lowest BCUT2D eigenvalue weighted by molar-refractivity contribution is 0.00648. The Labute approximate surface area is 142 Å². The summed E-state index contributed by atoms with van der Waals surface area (Å²) < 4.78 is 5.54. The van der Waals surface area contributed by atoms with Crippen molar-refractivity contribution >= 4 is 6.09 Å². The maximum atomic E-state index is 12.3. The predicted molar refractivity (Wildman–Crippen MR) is 94.6 cm³/mol. The molecule has 0 spiro atoms. The number of likely N-dealkylation sites (tertiary alicyclic amines) is 1. The number of amides is 1. The maximum absolute atomic E-state index is 12.3. The molecule has 0 aromatic rings. The highest BCUT2D eigenvalue weighted by Gasteiger charge is 2.35. The summed E-state index contributed by atoms with van der Waals surface area (Å²) in [6.45, 7) is 13.0. The van der Waals surface area contributed by atoms with Crippen LogP contribution in [0.4, 0.5) is 4.79 Å². The van der Waals surface area contributed by atoms with Gasteiger partial charge in [0.25, 0.3) is 0 Å². The number of nitrogens with zero attached hydrogens (tertiary/aromatic N) is 1. The van der Waals surface area contributed by atoms with Crippen molar-refractivity contribution in [2.24, 2.45) is 11.3 Å². The van der Waals surface area contributed by atoms with Crippen LogP contribution in [0, 0.1) is 11.3 Å². The number of nitrogens with one attached hydrogen (secondary N) is 1. The topological polar surface area (TPSA) is 41.6 Å². The molecule has 1 aliphatic heterocycles. The molecule has 2 fully saturated rings. The van der Waals surface area contributed by atoms with Crippen molar-refractivity contribution < 1.29 is 9.53 Å². The third-order valence-corrected chi connectivity index (χ3v) is 5.37. The summed E-state index contributed by atoms with van der Waals surface area (Å²) in [7, 11) is 0. The predicted octanol–water partition coefficient (Wildman–Crippen LogP) is 4.19. The summed E-state index contributed by atoms with van der Waals surface area (Å²) in [4.78, 5) is 14.2. The molecule has 1 heterocycles. The molecule has 1 aliphatic carbocycles. The Kier molecular flexibility index (Phi) is 5.99. The van der Waals surface area contributed by atoms with Gasteiger partial charge >= 0.3 is 6.09 Å². The number of ether oxygens (including phenoxy) is 1. The van der Waals surface area contributed by atoms with Gasteiger partial charge in [0, 0.05) is 25.7 Å². The molecule has 4 heteroatoms. The van der Waals surface area contributed by atoms with E-state index in [1.54, 1.807) is 0 Å². The highest BCUT2D eigenvalue weighted by molar-refractivity contribution is 5.68. The van der Waals surface area contributed by atoms with Crippen molar-refractivity contribution in [2.75, 3.05) is 19.6 Å². The number of carbonyl (C=O) groups is 1. The molecule has 1 amide bonds. The fourth-order valence-electron chi connectivity index (χ4n) is 3.96. The van der Waals surface area contributed by atoms with Crippen LogP contribution in [0.5, 0.6) is 0 Å². The summed E-state index contributed by atoms with van der Waals surface area (Å²) in [5.74, 6) is 0.907. The molecule has 0 aromatic heterocycles. The molecule has 134 valence electrons. The van der Waals surface area contributed by atoms with Crippen LogP contribution in [0.1, 0.15) is 73.1 Å². The second-order valence-corrected chi connectivity index (χ2v) is 8.98. The van der Waals surface area contributed by atoms with Crippen LogP contribution in [-0.2, 0) is 4.74 Å². The van der Waals surface area contributed by atoms with E-state index in [9.17, 15) is 4.79 Å². The van der Waals surface area contributed by atoms with E-state index in [4.69, 9.17) is 4.74 Å². The Bertz CT molecular complexity index is 405. The molecule has 0 aromatic carbocycles. The Morgan fingerprint density at radius 1 is 1.35 bits per heavy atom. The minimum Gasteiger partial charge on any atom is -0.444 e. The second-order valence-electron chi connectivity index (χ2n) is 8.98. The molecule has 2 rings (SSSR count). The quantitative estimate of drug-likeness (QED) is 0.843. The number of hydrogen-bond acceptors (Lipinski definition) is 3. The number of carbonyl (C=O) groups excluding carboxylic acids is 1. The van der Waals surface area contributed by atoms with Gasteiger partial charge in [-0.05, 0) is 64.2 Å².